The second-order valence-electron chi connectivity index (χ2n) is 3.40. The van der Waals surface area contributed by atoms with Crippen LogP contribution >= 0.6 is 0 Å². The van der Waals surface area contributed by atoms with Gasteiger partial charge in [0.15, 0.2) is 0 Å². The maximum Gasteiger partial charge on any atom is 0.325 e. The number of aliphatic carboxylic acids is 1. The van der Waals surface area contributed by atoms with E-state index in [-0.39, 0.29) is 12.6 Å². The molecule has 0 saturated carbocycles. The van der Waals surface area contributed by atoms with Crippen molar-refractivity contribution in [1.29, 1.82) is 0 Å². The molecule has 0 aliphatic carbocycles. The molecule has 1 aromatic rings. The van der Waals surface area contributed by atoms with Gasteiger partial charge in [0.25, 0.3) is 0 Å². The number of amides is 2. The van der Waals surface area contributed by atoms with Crippen LogP contribution in [-0.2, 0) is 16.1 Å². The number of carboxylic acid groups (broad SMARTS) is 1. The molecule has 0 fully saturated rings. The fourth-order valence-corrected chi connectivity index (χ4v) is 1.21. The second-order valence-corrected chi connectivity index (χ2v) is 3.40. The SMILES string of the molecule is CCOCCNC(=O)Nc1cnn(CC(=O)O)c1. The van der Waals surface area contributed by atoms with Crippen molar-refractivity contribution >= 4 is 17.7 Å². The fraction of sp³-hybridized carbons (Fsp3) is 0.500. The number of hydrogen-bond acceptors (Lipinski definition) is 4. The van der Waals surface area contributed by atoms with Gasteiger partial charge in [-0.25, -0.2) is 4.79 Å². The maximum atomic E-state index is 11.4. The minimum atomic E-state index is -0.995. The minimum Gasteiger partial charge on any atom is -0.480 e. The molecule has 8 heteroatoms. The van der Waals surface area contributed by atoms with E-state index in [9.17, 15) is 9.59 Å². The zero-order chi connectivity index (χ0) is 13.4. The van der Waals surface area contributed by atoms with Crippen LogP contribution in [0, 0.1) is 0 Å². The van der Waals surface area contributed by atoms with Crippen LogP contribution in [0.2, 0.25) is 0 Å². The van der Waals surface area contributed by atoms with Crippen molar-refractivity contribution in [2.24, 2.45) is 0 Å². The van der Waals surface area contributed by atoms with E-state index in [0.29, 0.717) is 25.4 Å². The molecule has 2 amide bonds. The summed E-state index contributed by atoms with van der Waals surface area (Å²) >= 11 is 0. The number of carbonyl (C=O) groups is 2. The Hall–Kier alpha value is -2.09. The smallest absolute Gasteiger partial charge is 0.325 e. The molecule has 18 heavy (non-hydrogen) atoms. The molecule has 1 heterocycles. The number of nitrogens with one attached hydrogen (secondary N) is 2. The number of carbonyl (C=O) groups excluding carboxylic acids is 1. The van der Waals surface area contributed by atoms with Crippen LogP contribution in [-0.4, -0.2) is 46.6 Å². The van der Waals surface area contributed by atoms with Crippen molar-refractivity contribution in [3.8, 4) is 0 Å². The number of hydrogen-bond donors (Lipinski definition) is 3. The third kappa shape index (κ3) is 5.30. The molecular weight excluding hydrogens is 240 g/mol. The van der Waals surface area contributed by atoms with E-state index in [1.807, 2.05) is 6.92 Å². The van der Waals surface area contributed by atoms with Crippen LogP contribution in [0.4, 0.5) is 10.5 Å². The first kappa shape index (κ1) is 14.0. The summed E-state index contributed by atoms with van der Waals surface area (Å²) in [4.78, 5) is 21.8. The van der Waals surface area contributed by atoms with Gasteiger partial charge in [0.1, 0.15) is 6.54 Å². The number of rotatable bonds is 7. The van der Waals surface area contributed by atoms with Crippen molar-refractivity contribution in [3.05, 3.63) is 12.4 Å². The molecule has 0 aromatic carbocycles. The average molecular weight is 256 g/mol. The van der Waals surface area contributed by atoms with Crippen molar-refractivity contribution in [2.75, 3.05) is 25.1 Å². The zero-order valence-electron chi connectivity index (χ0n) is 10.0. The number of urea groups is 1. The standard InChI is InChI=1S/C10H16N4O4/c1-2-18-4-3-11-10(17)13-8-5-12-14(6-8)7-9(15)16/h5-6H,2-4,7H2,1H3,(H,15,16)(H2,11,13,17). The van der Waals surface area contributed by atoms with Gasteiger partial charge >= 0.3 is 12.0 Å². The van der Waals surface area contributed by atoms with Gasteiger partial charge in [0.2, 0.25) is 0 Å². The summed E-state index contributed by atoms with van der Waals surface area (Å²) in [7, 11) is 0. The van der Waals surface area contributed by atoms with E-state index in [1.165, 1.54) is 17.1 Å². The third-order valence-electron chi connectivity index (χ3n) is 1.92. The molecule has 0 atom stereocenters. The van der Waals surface area contributed by atoms with Crippen molar-refractivity contribution in [3.63, 3.8) is 0 Å². The summed E-state index contributed by atoms with van der Waals surface area (Å²) in [5.41, 5.74) is 0.435. The highest BCUT2D eigenvalue weighted by Gasteiger charge is 2.05. The lowest BCUT2D eigenvalue weighted by Crippen LogP contribution is -2.31. The maximum absolute atomic E-state index is 11.4. The van der Waals surface area contributed by atoms with E-state index >= 15 is 0 Å². The molecule has 1 aromatic heterocycles. The van der Waals surface area contributed by atoms with E-state index in [2.05, 4.69) is 15.7 Å². The van der Waals surface area contributed by atoms with Crippen molar-refractivity contribution in [2.45, 2.75) is 13.5 Å². The molecule has 0 unspecified atom stereocenters. The molecule has 0 spiro atoms. The molecule has 100 valence electrons. The van der Waals surface area contributed by atoms with Gasteiger partial charge in [0.05, 0.1) is 18.5 Å². The largest absolute Gasteiger partial charge is 0.480 e. The Morgan fingerprint density at radius 3 is 3.00 bits per heavy atom. The highest BCUT2D eigenvalue weighted by atomic mass is 16.5. The summed E-state index contributed by atoms with van der Waals surface area (Å²) in [6, 6.07) is -0.385. The Morgan fingerprint density at radius 1 is 1.56 bits per heavy atom. The molecule has 0 bridgehead atoms. The third-order valence-corrected chi connectivity index (χ3v) is 1.92. The summed E-state index contributed by atoms with van der Waals surface area (Å²) in [5, 5.41) is 17.5. The molecule has 0 radical (unpaired) electrons. The highest BCUT2D eigenvalue weighted by molar-refractivity contribution is 5.88. The Kier molecular flexibility index (Phi) is 5.65. The minimum absolute atomic E-state index is 0.242. The Bertz CT molecular complexity index is 404. The molecule has 0 aliphatic rings. The van der Waals surface area contributed by atoms with Crippen LogP contribution in [0.15, 0.2) is 12.4 Å². The topological polar surface area (TPSA) is 105 Å². The highest BCUT2D eigenvalue weighted by Crippen LogP contribution is 2.03. The van der Waals surface area contributed by atoms with Gasteiger partial charge in [-0.3, -0.25) is 9.48 Å². The predicted molar refractivity (Wildman–Crippen MR) is 63.4 cm³/mol. The first-order valence-electron chi connectivity index (χ1n) is 5.48. The van der Waals surface area contributed by atoms with Gasteiger partial charge in [-0.2, -0.15) is 5.10 Å². The van der Waals surface area contributed by atoms with Gasteiger partial charge in [-0.05, 0) is 6.92 Å². The first-order chi connectivity index (χ1) is 8.61. The van der Waals surface area contributed by atoms with Crippen LogP contribution in [0.5, 0.6) is 0 Å². The van der Waals surface area contributed by atoms with Crippen LogP contribution in [0.3, 0.4) is 0 Å². The first-order valence-corrected chi connectivity index (χ1v) is 5.48. The normalized spacial score (nSPS) is 10.1. The summed E-state index contributed by atoms with van der Waals surface area (Å²) in [6.45, 7) is 3.08. The fourth-order valence-electron chi connectivity index (χ4n) is 1.21. The van der Waals surface area contributed by atoms with Gasteiger partial charge in [0, 0.05) is 19.3 Å². The van der Waals surface area contributed by atoms with Crippen molar-refractivity contribution < 1.29 is 19.4 Å². The molecule has 0 saturated heterocycles. The number of ether oxygens (including phenoxy) is 1. The number of anilines is 1. The Balaban J connectivity index is 2.31. The van der Waals surface area contributed by atoms with E-state index < -0.39 is 5.97 Å². The lowest BCUT2D eigenvalue weighted by Gasteiger charge is -2.05. The predicted octanol–water partition coefficient (Wildman–Crippen LogP) is 0.126. The number of nitrogens with zero attached hydrogens (tertiary/aromatic N) is 2. The average Bonchev–Trinajstić information content (AvgIpc) is 2.71. The van der Waals surface area contributed by atoms with Crippen LogP contribution in [0.25, 0.3) is 0 Å². The molecular formula is C10H16N4O4. The second kappa shape index (κ2) is 7.28. The summed E-state index contributed by atoms with van der Waals surface area (Å²) in [5.74, 6) is -0.995. The van der Waals surface area contributed by atoms with Crippen LogP contribution in [0.1, 0.15) is 6.92 Å². The van der Waals surface area contributed by atoms with E-state index in [4.69, 9.17) is 9.84 Å². The molecule has 0 aliphatic heterocycles. The van der Waals surface area contributed by atoms with Gasteiger partial charge < -0.3 is 20.5 Å². The molecule has 8 nitrogen and oxygen atoms in total. The van der Waals surface area contributed by atoms with Crippen LogP contribution < -0.4 is 10.6 Å². The summed E-state index contributed by atoms with van der Waals surface area (Å²) < 4.78 is 6.28. The zero-order valence-corrected chi connectivity index (χ0v) is 10.0. The quantitative estimate of drug-likeness (QED) is 0.601. The van der Waals surface area contributed by atoms with E-state index in [1.54, 1.807) is 0 Å². The number of aromatic nitrogens is 2. The lowest BCUT2D eigenvalue weighted by atomic mass is 10.5. The van der Waals surface area contributed by atoms with E-state index in [0.717, 1.165) is 0 Å². The molecule has 1 rings (SSSR count). The van der Waals surface area contributed by atoms with Crippen molar-refractivity contribution in [1.82, 2.24) is 15.1 Å². The van der Waals surface area contributed by atoms with Gasteiger partial charge in [-0.15, -0.1) is 0 Å². The summed E-state index contributed by atoms with van der Waals surface area (Å²) in [6.07, 6.45) is 2.82. The lowest BCUT2D eigenvalue weighted by molar-refractivity contribution is -0.137. The Labute approximate surface area is 104 Å². The van der Waals surface area contributed by atoms with Gasteiger partial charge in [-0.1, -0.05) is 0 Å². The molecule has 3 N–H and O–H groups in total. The Morgan fingerprint density at radius 2 is 2.33 bits per heavy atom. The number of carboxylic acids is 1. The monoisotopic (exact) mass is 256 g/mol.